The molecule has 29 heavy (non-hydrogen) atoms. The van der Waals surface area contributed by atoms with Crippen molar-refractivity contribution >= 4 is 0 Å². The summed E-state index contributed by atoms with van der Waals surface area (Å²) in [4.78, 5) is 2.55. The molecule has 2 aliphatic rings. The van der Waals surface area contributed by atoms with Gasteiger partial charge in [-0.1, -0.05) is 0 Å². The molecule has 0 saturated heterocycles. The minimum absolute atomic E-state index is 0.194. The van der Waals surface area contributed by atoms with Crippen molar-refractivity contribution in [1.82, 2.24) is 4.90 Å². The zero-order valence-corrected chi connectivity index (χ0v) is 18.0. The number of nitrogens with zero attached hydrogens (tertiary/aromatic N) is 1. The lowest BCUT2D eigenvalue weighted by molar-refractivity contribution is 0.114. The third-order valence-electron chi connectivity index (χ3n) is 6.33. The summed E-state index contributed by atoms with van der Waals surface area (Å²) in [7, 11) is 8.38. The maximum absolute atomic E-state index is 5.80. The molecule has 156 valence electrons. The van der Waals surface area contributed by atoms with E-state index in [-0.39, 0.29) is 12.1 Å². The van der Waals surface area contributed by atoms with Crippen LogP contribution in [0.1, 0.15) is 41.3 Å². The van der Waals surface area contributed by atoms with Gasteiger partial charge in [-0.3, -0.25) is 4.90 Å². The van der Waals surface area contributed by atoms with Crippen molar-refractivity contribution in [3.8, 4) is 28.7 Å². The molecule has 0 N–H and O–H groups in total. The van der Waals surface area contributed by atoms with Gasteiger partial charge in [-0.25, -0.2) is 0 Å². The highest BCUT2D eigenvalue weighted by molar-refractivity contribution is 5.62. The van der Waals surface area contributed by atoms with Crippen molar-refractivity contribution in [3.05, 3.63) is 40.5 Å². The van der Waals surface area contributed by atoms with Gasteiger partial charge < -0.3 is 23.7 Å². The molecule has 2 aromatic carbocycles. The lowest BCUT2D eigenvalue weighted by Gasteiger charge is -2.46. The summed E-state index contributed by atoms with van der Waals surface area (Å²) in [5, 5.41) is 0. The van der Waals surface area contributed by atoms with E-state index in [4.69, 9.17) is 23.7 Å². The summed E-state index contributed by atoms with van der Waals surface area (Å²) < 4.78 is 28.1. The van der Waals surface area contributed by atoms with Crippen LogP contribution in [-0.2, 0) is 12.8 Å². The SMILES string of the molecule is COc1cc2c(cc1OC)C1Cc3cc(OC)c(OC)c(OC)c3C(C)N1CC2. The Morgan fingerprint density at radius 3 is 2.00 bits per heavy atom. The summed E-state index contributed by atoms with van der Waals surface area (Å²) >= 11 is 0. The van der Waals surface area contributed by atoms with Crippen LogP contribution in [0.5, 0.6) is 28.7 Å². The van der Waals surface area contributed by atoms with E-state index in [1.54, 1.807) is 35.5 Å². The second-order valence-corrected chi connectivity index (χ2v) is 7.51. The summed E-state index contributed by atoms with van der Waals surface area (Å²) in [5.74, 6) is 3.69. The van der Waals surface area contributed by atoms with Crippen LogP contribution in [0.15, 0.2) is 18.2 Å². The Kier molecular flexibility index (Phi) is 5.21. The van der Waals surface area contributed by atoms with Gasteiger partial charge in [-0.15, -0.1) is 0 Å². The van der Waals surface area contributed by atoms with E-state index in [2.05, 4.69) is 30.0 Å². The monoisotopic (exact) mass is 399 g/mol. The van der Waals surface area contributed by atoms with E-state index >= 15 is 0 Å². The van der Waals surface area contributed by atoms with Crippen LogP contribution < -0.4 is 23.7 Å². The number of benzene rings is 2. The van der Waals surface area contributed by atoms with Crippen LogP contribution in [0.4, 0.5) is 0 Å². The van der Waals surface area contributed by atoms with E-state index in [1.165, 1.54) is 22.3 Å². The summed E-state index contributed by atoms with van der Waals surface area (Å²) in [5.41, 5.74) is 5.05. The third kappa shape index (κ3) is 2.97. The fourth-order valence-corrected chi connectivity index (χ4v) is 4.97. The Bertz CT molecular complexity index is 926. The molecule has 4 rings (SSSR count). The molecular weight excluding hydrogens is 370 g/mol. The van der Waals surface area contributed by atoms with Gasteiger partial charge in [0.25, 0.3) is 0 Å². The zero-order valence-electron chi connectivity index (χ0n) is 18.0. The molecule has 2 atom stereocenters. The van der Waals surface area contributed by atoms with Crippen molar-refractivity contribution in [3.63, 3.8) is 0 Å². The van der Waals surface area contributed by atoms with Crippen molar-refractivity contribution in [2.45, 2.75) is 31.8 Å². The molecule has 0 aliphatic carbocycles. The lowest BCUT2D eigenvalue weighted by Crippen LogP contribution is -2.42. The average Bonchev–Trinajstić information content (AvgIpc) is 2.76. The molecule has 2 aliphatic heterocycles. The molecule has 0 spiro atoms. The number of rotatable bonds is 5. The van der Waals surface area contributed by atoms with Crippen LogP contribution in [0, 0.1) is 0 Å². The van der Waals surface area contributed by atoms with Crippen LogP contribution in [0.25, 0.3) is 0 Å². The Morgan fingerprint density at radius 2 is 1.38 bits per heavy atom. The predicted octanol–water partition coefficient (Wildman–Crippen LogP) is 3.95. The van der Waals surface area contributed by atoms with Gasteiger partial charge in [0.2, 0.25) is 5.75 Å². The molecule has 0 aromatic heterocycles. The number of hydrogen-bond donors (Lipinski definition) is 0. The summed E-state index contributed by atoms with van der Waals surface area (Å²) in [6, 6.07) is 6.82. The summed E-state index contributed by atoms with van der Waals surface area (Å²) in [6.07, 6.45) is 1.85. The highest BCUT2D eigenvalue weighted by Crippen LogP contribution is 2.52. The quantitative estimate of drug-likeness (QED) is 0.759. The molecule has 2 aromatic rings. The number of methoxy groups -OCH3 is 5. The van der Waals surface area contributed by atoms with E-state index in [0.29, 0.717) is 11.5 Å². The molecular formula is C23H29NO5. The maximum atomic E-state index is 5.80. The molecule has 2 heterocycles. The molecule has 6 nitrogen and oxygen atoms in total. The fourth-order valence-electron chi connectivity index (χ4n) is 4.97. The van der Waals surface area contributed by atoms with Crippen LogP contribution in [-0.4, -0.2) is 47.0 Å². The third-order valence-corrected chi connectivity index (χ3v) is 6.33. The van der Waals surface area contributed by atoms with Crippen LogP contribution >= 0.6 is 0 Å². The standard InChI is InChI=1S/C23H29NO5/c1-13-21-15(11-20(27-4)22(28-5)23(21)29-6)9-17-16-12-19(26-3)18(25-2)10-14(16)7-8-24(13)17/h10-13,17H,7-9H2,1-6H3. The van der Waals surface area contributed by atoms with Gasteiger partial charge >= 0.3 is 0 Å². The second kappa shape index (κ2) is 7.67. The molecule has 0 saturated carbocycles. The minimum Gasteiger partial charge on any atom is -0.493 e. The van der Waals surface area contributed by atoms with Gasteiger partial charge in [0, 0.05) is 24.2 Å². The van der Waals surface area contributed by atoms with Gasteiger partial charge in [0.05, 0.1) is 35.5 Å². The van der Waals surface area contributed by atoms with Crippen molar-refractivity contribution in [2.24, 2.45) is 0 Å². The Labute approximate surface area is 172 Å². The Morgan fingerprint density at radius 1 is 0.759 bits per heavy atom. The van der Waals surface area contributed by atoms with E-state index in [0.717, 1.165) is 36.6 Å². The van der Waals surface area contributed by atoms with Crippen molar-refractivity contribution in [1.29, 1.82) is 0 Å². The van der Waals surface area contributed by atoms with Crippen molar-refractivity contribution < 1.29 is 23.7 Å². The van der Waals surface area contributed by atoms with E-state index < -0.39 is 0 Å². The first-order valence-electron chi connectivity index (χ1n) is 9.90. The molecule has 0 fully saturated rings. The van der Waals surface area contributed by atoms with Gasteiger partial charge in [-0.2, -0.15) is 0 Å². The first kappa shape index (κ1) is 19.7. The molecule has 0 amide bonds. The predicted molar refractivity (Wildman–Crippen MR) is 111 cm³/mol. The minimum atomic E-state index is 0.194. The molecule has 0 bridgehead atoms. The number of ether oxygens (including phenoxy) is 5. The zero-order chi connectivity index (χ0) is 20.7. The average molecular weight is 399 g/mol. The Balaban J connectivity index is 1.85. The first-order chi connectivity index (χ1) is 14.1. The van der Waals surface area contributed by atoms with Crippen molar-refractivity contribution in [2.75, 3.05) is 42.1 Å². The lowest BCUT2D eigenvalue weighted by atomic mass is 9.80. The highest BCUT2D eigenvalue weighted by atomic mass is 16.5. The maximum Gasteiger partial charge on any atom is 0.203 e. The topological polar surface area (TPSA) is 49.4 Å². The summed E-state index contributed by atoms with van der Waals surface area (Å²) in [6.45, 7) is 3.22. The first-order valence-corrected chi connectivity index (χ1v) is 9.90. The highest BCUT2D eigenvalue weighted by Gasteiger charge is 2.40. The van der Waals surface area contributed by atoms with Gasteiger partial charge in [-0.05, 0) is 54.7 Å². The molecule has 0 radical (unpaired) electrons. The van der Waals surface area contributed by atoms with Crippen LogP contribution in [0.2, 0.25) is 0 Å². The van der Waals surface area contributed by atoms with E-state index in [9.17, 15) is 0 Å². The molecule has 6 heteroatoms. The number of hydrogen-bond acceptors (Lipinski definition) is 6. The second-order valence-electron chi connectivity index (χ2n) is 7.51. The molecule has 2 unspecified atom stereocenters. The smallest absolute Gasteiger partial charge is 0.203 e. The normalized spacial score (nSPS) is 20.2. The van der Waals surface area contributed by atoms with Gasteiger partial charge in [0.1, 0.15) is 0 Å². The van der Waals surface area contributed by atoms with E-state index in [1.807, 2.05) is 0 Å². The fraction of sp³-hybridized carbons (Fsp3) is 0.478. The number of fused-ring (bicyclic) bond motifs is 4. The van der Waals surface area contributed by atoms with Crippen LogP contribution in [0.3, 0.4) is 0 Å². The van der Waals surface area contributed by atoms with Gasteiger partial charge in [0.15, 0.2) is 23.0 Å². The Hall–Kier alpha value is -2.60. The largest absolute Gasteiger partial charge is 0.493 e.